The van der Waals surface area contributed by atoms with Crippen LogP contribution in [-0.4, -0.2) is 35.6 Å². The van der Waals surface area contributed by atoms with Crippen molar-refractivity contribution in [2.75, 3.05) is 13.6 Å². The molecule has 0 radical (unpaired) electrons. The van der Waals surface area contributed by atoms with Crippen LogP contribution in [0.4, 0.5) is 0 Å². The normalized spacial score (nSPS) is 19.9. The summed E-state index contributed by atoms with van der Waals surface area (Å²) in [5.41, 5.74) is 8.00. The highest BCUT2D eigenvalue weighted by Crippen LogP contribution is 2.42. The predicted molar refractivity (Wildman–Crippen MR) is 190 cm³/mol. The molecule has 246 valence electrons. The maximum atomic E-state index is 12.6. The number of nitrogens with one attached hydrogen (secondary N) is 1. The van der Waals surface area contributed by atoms with Crippen molar-refractivity contribution in [3.63, 3.8) is 0 Å². The van der Waals surface area contributed by atoms with E-state index in [0.717, 1.165) is 39.9 Å². The van der Waals surface area contributed by atoms with Gasteiger partial charge in [-0.25, -0.2) is 0 Å². The minimum absolute atomic E-state index is 0.00939. The summed E-state index contributed by atoms with van der Waals surface area (Å²) in [5.74, 6) is 0.00451. The minimum atomic E-state index is -0.539. The second kappa shape index (κ2) is 15.5. The molecule has 5 atom stereocenters. The highest BCUT2D eigenvalue weighted by atomic mass is 16.7. The number of likely N-dealkylation sites (N-methyl/N-ethyl adjacent to an activating group) is 1. The second-order valence-corrected chi connectivity index (χ2v) is 12.7. The van der Waals surface area contributed by atoms with Crippen LogP contribution < -0.4 is 5.32 Å². The number of aliphatic hydroxyl groups is 1. The largest absolute Gasteiger partial charge is 0.392 e. The molecule has 1 aliphatic rings. The van der Waals surface area contributed by atoms with Crippen molar-refractivity contribution in [2.45, 2.75) is 51.5 Å². The van der Waals surface area contributed by atoms with Crippen molar-refractivity contribution in [1.82, 2.24) is 10.2 Å². The van der Waals surface area contributed by atoms with E-state index in [0.29, 0.717) is 12.1 Å². The monoisotopic (exact) mass is 640 g/mol. The van der Waals surface area contributed by atoms with Gasteiger partial charge in [-0.2, -0.15) is 0 Å². The van der Waals surface area contributed by atoms with Gasteiger partial charge in [0.1, 0.15) is 0 Å². The summed E-state index contributed by atoms with van der Waals surface area (Å²) in [5, 5.41) is 12.6. The van der Waals surface area contributed by atoms with Crippen molar-refractivity contribution in [3.8, 4) is 11.1 Å². The topological polar surface area (TPSA) is 71.0 Å². The molecule has 6 rings (SSSR count). The lowest BCUT2D eigenvalue weighted by atomic mass is 9.89. The zero-order chi connectivity index (χ0) is 33.5. The predicted octanol–water partition coefficient (Wildman–Crippen LogP) is 8.26. The molecule has 0 spiro atoms. The highest BCUT2D eigenvalue weighted by Gasteiger charge is 2.39. The van der Waals surface area contributed by atoms with Gasteiger partial charge in [0.2, 0.25) is 0 Å². The molecule has 6 nitrogen and oxygen atoms in total. The summed E-state index contributed by atoms with van der Waals surface area (Å²) in [6.45, 7) is 5.63. The fourth-order valence-electron chi connectivity index (χ4n) is 6.32. The molecule has 0 aromatic heterocycles. The van der Waals surface area contributed by atoms with Crippen LogP contribution in [0, 0.1) is 5.92 Å². The third kappa shape index (κ3) is 7.92. The Balaban J connectivity index is 1.19. The average Bonchev–Trinajstić information content (AvgIpc) is 3.15. The van der Waals surface area contributed by atoms with E-state index < -0.39 is 6.29 Å². The number of aliphatic hydroxyl groups excluding tert-OH is 1. The van der Waals surface area contributed by atoms with Crippen LogP contribution >= 0.6 is 0 Å². The fourth-order valence-corrected chi connectivity index (χ4v) is 6.32. The summed E-state index contributed by atoms with van der Waals surface area (Å²) in [6.07, 6.45) is -0.794. The number of rotatable bonds is 11. The van der Waals surface area contributed by atoms with Gasteiger partial charge < -0.3 is 19.9 Å². The molecule has 1 aliphatic heterocycles. The Hall–Kier alpha value is -4.59. The first-order chi connectivity index (χ1) is 23.4. The van der Waals surface area contributed by atoms with E-state index in [1.165, 1.54) is 5.56 Å². The summed E-state index contributed by atoms with van der Waals surface area (Å²) in [4.78, 5) is 14.9. The summed E-state index contributed by atoms with van der Waals surface area (Å²) in [7, 11) is 2.15. The molecule has 1 heterocycles. The third-order valence-corrected chi connectivity index (χ3v) is 9.47. The number of nitrogens with zero attached hydrogens (tertiary/aromatic N) is 1. The van der Waals surface area contributed by atoms with E-state index in [1.54, 1.807) is 0 Å². The molecule has 5 aromatic rings. The number of hydrogen-bond acceptors (Lipinski definition) is 5. The molecule has 2 N–H and O–H groups in total. The van der Waals surface area contributed by atoms with Gasteiger partial charge in [-0.3, -0.25) is 9.69 Å². The highest BCUT2D eigenvalue weighted by molar-refractivity contribution is 5.94. The molecular weight excluding hydrogens is 596 g/mol. The van der Waals surface area contributed by atoms with Gasteiger partial charge in [-0.15, -0.1) is 0 Å². The van der Waals surface area contributed by atoms with Crippen molar-refractivity contribution in [1.29, 1.82) is 0 Å². The quantitative estimate of drug-likeness (QED) is 0.152. The Kier molecular flexibility index (Phi) is 10.8. The number of carbonyl (C=O) groups is 1. The zero-order valence-corrected chi connectivity index (χ0v) is 27.8. The Labute approximate surface area is 284 Å². The molecular formula is C42H44N2O4. The molecule has 0 unspecified atom stereocenters. The maximum Gasteiger partial charge on any atom is 0.251 e. The van der Waals surface area contributed by atoms with Gasteiger partial charge in [-0.05, 0) is 65.6 Å². The molecule has 0 saturated carbocycles. The van der Waals surface area contributed by atoms with Gasteiger partial charge in [0, 0.05) is 36.2 Å². The lowest BCUT2D eigenvalue weighted by Crippen LogP contribution is -2.44. The van der Waals surface area contributed by atoms with Crippen molar-refractivity contribution >= 4 is 5.91 Å². The van der Waals surface area contributed by atoms with Crippen LogP contribution in [-0.2, 0) is 22.6 Å². The van der Waals surface area contributed by atoms with Gasteiger partial charge in [0.15, 0.2) is 6.29 Å². The molecule has 48 heavy (non-hydrogen) atoms. The van der Waals surface area contributed by atoms with E-state index in [4.69, 9.17) is 9.47 Å². The minimum Gasteiger partial charge on any atom is -0.392 e. The van der Waals surface area contributed by atoms with E-state index in [9.17, 15) is 9.90 Å². The summed E-state index contributed by atoms with van der Waals surface area (Å²) < 4.78 is 13.5. The van der Waals surface area contributed by atoms with E-state index in [2.05, 4.69) is 104 Å². The second-order valence-electron chi connectivity index (χ2n) is 12.7. The van der Waals surface area contributed by atoms with Gasteiger partial charge in [0.25, 0.3) is 5.91 Å². The Bertz CT molecular complexity index is 1760. The zero-order valence-electron chi connectivity index (χ0n) is 27.8. The third-order valence-electron chi connectivity index (χ3n) is 9.47. The first-order valence-corrected chi connectivity index (χ1v) is 16.7. The molecule has 5 aromatic carbocycles. The Morgan fingerprint density at radius 3 is 2.12 bits per heavy atom. The number of ether oxygens (including phenoxy) is 2. The first kappa shape index (κ1) is 33.3. The van der Waals surface area contributed by atoms with Crippen LogP contribution in [0.25, 0.3) is 11.1 Å². The van der Waals surface area contributed by atoms with E-state index in [1.807, 2.05) is 60.7 Å². The molecule has 1 amide bonds. The van der Waals surface area contributed by atoms with Gasteiger partial charge >= 0.3 is 0 Å². The Morgan fingerprint density at radius 2 is 1.44 bits per heavy atom. The van der Waals surface area contributed by atoms with Crippen molar-refractivity contribution in [2.24, 2.45) is 5.92 Å². The number of amides is 1. The fraction of sp³-hybridized carbons (Fsp3) is 0.262. The maximum absolute atomic E-state index is 12.6. The standard InChI is InChI=1S/C42H44N2O4/c1-29-39(27-44(3)30(2)33-12-6-4-7-13-33)47-42(48-40(29)35-19-17-31(28-45)18-20-35)37-23-21-34(22-24-37)38-16-10-11-32(25-38)26-43-41(46)36-14-8-5-9-15-36/h4-25,29-30,39-40,42,45H,26-28H2,1-3H3,(H,43,46)/t29-,30+,39+,40+,42+/m1/s1. The van der Waals surface area contributed by atoms with Crippen LogP contribution in [0.1, 0.15) is 70.5 Å². The average molecular weight is 641 g/mol. The molecule has 1 fully saturated rings. The van der Waals surface area contributed by atoms with Crippen LogP contribution in [0.3, 0.4) is 0 Å². The first-order valence-electron chi connectivity index (χ1n) is 16.7. The molecule has 1 saturated heterocycles. The Morgan fingerprint density at radius 1 is 0.771 bits per heavy atom. The SMILES string of the molecule is C[C@@H]1[C@H](CN(C)[C@@H](C)c2ccccc2)O[C@H](c2ccc(-c3cccc(CNC(=O)c4ccccc4)c3)cc2)O[C@@H]1c1ccc(CO)cc1. The number of benzene rings is 5. The van der Waals surface area contributed by atoms with E-state index in [-0.39, 0.29) is 36.7 Å². The van der Waals surface area contributed by atoms with Crippen molar-refractivity contribution in [3.05, 3.63) is 167 Å². The lowest BCUT2D eigenvalue weighted by molar-refractivity contribution is -0.276. The lowest BCUT2D eigenvalue weighted by Gasteiger charge is -2.43. The summed E-state index contributed by atoms with van der Waals surface area (Å²) >= 11 is 0. The smallest absolute Gasteiger partial charge is 0.251 e. The number of hydrogen-bond donors (Lipinski definition) is 2. The van der Waals surface area contributed by atoms with Crippen LogP contribution in [0.5, 0.6) is 0 Å². The molecule has 6 heteroatoms. The number of carbonyl (C=O) groups excluding carboxylic acids is 1. The molecule has 0 bridgehead atoms. The van der Waals surface area contributed by atoms with Gasteiger partial charge in [0.05, 0.1) is 18.8 Å². The van der Waals surface area contributed by atoms with Crippen LogP contribution in [0.15, 0.2) is 133 Å². The van der Waals surface area contributed by atoms with Crippen molar-refractivity contribution < 1.29 is 19.4 Å². The van der Waals surface area contributed by atoms with E-state index >= 15 is 0 Å². The molecule has 0 aliphatic carbocycles. The van der Waals surface area contributed by atoms with Gasteiger partial charge in [-0.1, -0.05) is 122 Å². The van der Waals surface area contributed by atoms with Crippen LogP contribution in [0.2, 0.25) is 0 Å². The summed E-state index contributed by atoms with van der Waals surface area (Å²) in [6, 6.07) is 44.7.